The van der Waals surface area contributed by atoms with Crippen molar-refractivity contribution in [1.29, 1.82) is 0 Å². The summed E-state index contributed by atoms with van der Waals surface area (Å²) in [4.78, 5) is 5.49. The molecule has 2 fully saturated rings. The summed E-state index contributed by atoms with van der Waals surface area (Å²) in [6, 6.07) is 1.49. The molecule has 1 saturated heterocycles. The molecule has 0 aromatic rings. The normalized spacial score (nSPS) is 28.3. The first-order chi connectivity index (χ1) is 7.59. The zero-order chi connectivity index (χ0) is 11.8. The van der Waals surface area contributed by atoms with E-state index in [0.717, 1.165) is 12.1 Å². The van der Waals surface area contributed by atoms with Gasteiger partial charge in [0.25, 0.3) is 0 Å². The average Bonchev–Trinajstić information content (AvgIpc) is 2.24. The number of hydrogen-bond donors (Lipinski definition) is 0. The van der Waals surface area contributed by atoms with Crippen LogP contribution in [0.2, 0.25) is 0 Å². The minimum atomic E-state index is 0.551. The fourth-order valence-corrected chi connectivity index (χ4v) is 3.49. The molecular weight excluding hydrogens is 196 g/mol. The third-order valence-corrected chi connectivity index (χ3v) is 4.86. The van der Waals surface area contributed by atoms with Crippen LogP contribution in [0, 0.1) is 0 Å². The van der Waals surface area contributed by atoms with Crippen molar-refractivity contribution >= 4 is 0 Å². The fourth-order valence-electron chi connectivity index (χ4n) is 3.49. The van der Waals surface area contributed by atoms with Crippen LogP contribution in [0.4, 0.5) is 0 Å². The molecule has 16 heavy (non-hydrogen) atoms. The summed E-state index contributed by atoms with van der Waals surface area (Å²) in [7, 11) is 0. The maximum atomic E-state index is 2.77. The topological polar surface area (TPSA) is 6.48 Å². The summed E-state index contributed by atoms with van der Waals surface area (Å²) < 4.78 is 0. The Morgan fingerprint density at radius 1 is 1.12 bits per heavy atom. The Balaban J connectivity index is 2.04. The maximum absolute atomic E-state index is 2.77. The van der Waals surface area contributed by atoms with Crippen molar-refractivity contribution in [2.45, 2.75) is 71.0 Å². The van der Waals surface area contributed by atoms with E-state index in [9.17, 15) is 0 Å². The number of piperazine rings is 1. The molecular formula is C14H28N2. The molecule has 1 heterocycles. The van der Waals surface area contributed by atoms with E-state index < -0.39 is 0 Å². The Labute approximate surface area is 101 Å². The van der Waals surface area contributed by atoms with Crippen molar-refractivity contribution in [3.8, 4) is 0 Å². The van der Waals surface area contributed by atoms with Gasteiger partial charge in [0.05, 0.1) is 0 Å². The van der Waals surface area contributed by atoms with Crippen LogP contribution in [-0.4, -0.2) is 47.1 Å². The van der Waals surface area contributed by atoms with Crippen LogP contribution in [0.15, 0.2) is 0 Å². The molecule has 94 valence electrons. The third kappa shape index (κ3) is 2.02. The van der Waals surface area contributed by atoms with Crippen molar-refractivity contribution in [1.82, 2.24) is 9.80 Å². The molecule has 1 unspecified atom stereocenters. The summed E-state index contributed by atoms with van der Waals surface area (Å²) >= 11 is 0. The number of nitrogens with zero attached hydrogens (tertiary/aromatic N) is 2. The van der Waals surface area contributed by atoms with Crippen LogP contribution < -0.4 is 0 Å². The van der Waals surface area contributed by atoms with Gasteiger partial charge in [-0.05, 0) is 46.5 Å². The van der Waals surface area contributed by atoms with Crippen LogP contribution >= 0.6 is 0 Å². The molecule has 2 nitrogen and oxygen atoms in total. The van der Waals surface area contributed by atoms with E-state index in [1.54, 1.807) is 0 Å². The van der Waals surface area contributed by atoms with Crippen molar-refractivity contribution in [3.63, 3.8) is 0 Å². The zero-order valence-corrected chi connectivity index (χ0v) is 11.5. The van der Waals surface area contributed by atoms with E-state index in [2.05, 4.69) is 37.5 Å². The molecule has 2 aliphatic rings. The first-order valence-electron chi connectivity index (χ1n) is 7.10. The molecule has 2 heteroatoms. The molecule has 0 amide bonds. The SMILES string of the molecule is CCC(C)N1CCN(C(C)C)C2(CCC2)C1. The highest BCUT2D eigenvalue weighted by Gasteiger charge is 2.47. The van der Waals surface area contributed by atoms with Crippen molar-refractivity contribution in [2.75, 3.05) is 19.6 Å². The lowest BCUT2D eigenvalue weighted by atomic mass is 9.73. The molecule has 1 saturated carbocycles. The Hall–Kier alpha value is -0.0800. The first kappa shape index (κ1) is 12.4. The Bertz CT molecular complexity index is 233. The van der Waals surface area contributed by atoms with Crippen LogP contribution in [0.25, 0.3) is 0 Å². The fraction of sp³-hybridized carbons (Fsp3) is 1.00. The summed E-state index contributed by atoms with van der Waals surface area (Å²) in [6.07, 6.45) is 5.59. The van der Waals surface area contributed by atoms with E-state index >= 15 is 0 Å². The van der Waals surface area contributed by atoms with Gasteiger partial charge in [0, 0.05) is 37.3 Å². The smallest absolute Gasteiger partial charge is 0.0339 e. The van der Waals surface area contributed by atoms with Gasteiger partial charge in [-0.3, -0.25) is 9.80 Å². The predicted octanol–water partition coefficient (Wildman–Crippen LogP) is 2.73. The van der Waals surface area contributed by atoms with Crippen LogP contribution in [0.5, 0.6) is 0 Å². The van der Waals surface area contributed by atoms with Gasteiger partial charge < -0.3 is 0 Å². The number of hydrogen-bond acceptors (Lipinski definition) is 2. The highest BCUT2D eigenvalue weighted by atomic mass is 15.3. The van der Waals surface area contributed by atoms with Gasteiger partial charge in [-0.2, -0.15) is 0 Å². The van der Waals surface area contributed by atoms with E-state index in [0.29, 0.717) is 5.54 Å². The van der Waals surface area contributed by atoms with Crippen LogP contribution in [-0.2, 0) is 0 Å². The Morgan fingerprint density at radius 2 is 1.81 bits per heavy atom. The average molecular weight is 224 g/mol. The van der Waals surface area contributed by atoms with E-state index in [4.69, 9.17) is 0 Å². The largest absolute Gasteiger partial charge is 0.298 e. The van der Waals surface area contributed by atoms with Gasteiger partial charge in [0.15, 0.2) is 0 Å². The first-order valence-corrected chi connectivity index (χ1v) is 7.10. The van der Waals surface area contributed by atoms with Crippen LogP contribution in [0.3, 0.4) is 0 Å². The second-order valence-electron chi connectivity index (χ2n) is 6.09. The molecule has 0 bridgehead atoms. The molecule has 1 aliphatic heterocycles. The Kier molecular flexibility index (Phi) is 3.60. The second kappa shape index (κ2) is 4.66. The van der Waals surface area contributed by atoms with E-state index in [-0.39, 0.29) is 0 Å². The van der Waals surface area contributed by atoms with Gasteiger partial charge in [0.2, 0.25) is 0 Å². The van der Waals surface area contributed by atoms with Crippen molar-refractivity contribution in [2.24, 2.45) is 0 Å². The monoisotopic (exact) mass is 224 g/mol. The van der Waals surface area contributed by atoms with Gasteiger partial charge in [0.1, 0.15) is 0 Å². The molecule has 1 atom stereocenters. The quantitative estimate of drug-likeness (QED) is 0.727. The number of rotatable bonds is 3. The highest BCUT2D eigenvalue weighted by molar-refractivity contribution is 5.04. The predicted molar refractivity (Wildman–Crippen MR) is 69.8 cm³/mol. The summed E-state index contributed by atoms with van der Waals surface area (Å²) in [5.41, 5.74) is 0.551. The summed E-state index contributed by atoms with van der Waals surface area (Å²) in [5.74, 6) is 0. The van der Waals surface area contributed by atoms with E-state index in [1.807, 2.05) is 0 Å². The maximum Gasteiger partial charge on any atom is 0.0339 e. The standard InChI is InChI=1S/C14H28N2/c1-5-13(4)15-9-10-16(12(2)3)14(11-15)7-6-8-14/h12-13H,5-11H2,1-4H3. The van der Waals surface area contributed by atoms with Gasteiger partial charge in [-0.15, -0.1) is 0 Å². The van der Waals surface area contributed by atoms with Gasteiger partial charge >= 0.3 is 0 Å². The molecule has 2 rings (SSSR count). The van der Waals surface area contributed by atoms with Crippen molar-refractivity contribution in [3.05, 3.63) is 0 Å². The second-order valence-corrected chi connectivity index (χ2v) is 6.09. The molecule has 0 radical (unpaired) electrons. The zero-order valence-electron chi connectivity index (χ0n) is 11.5. The van der Waals surface area contributed by atoms with Crippen LogP contribution in [0.1, 0.15) is 53.4 Å². The lowest BCUT2D eigenvalue weighted by Gasteiger charge is -2.58. The molecule has 1 spiro atoms. The molecule has 0 aromatic heterocycles. The Morgan fingerprint density at radius 3 is 2.25 bits per heavy atom. The molecule has 1 aliphatic carbocycles. The van der Waals surface area contributed by atoms with E-state index in [1.165, 1.54) is 45.3 Å². The lowest BCUT2D eigenvalue weighted by Crippen LogP contribution is -2.68. The molecule has 0 aromatic carbocycles. The molecule has 0 N–H and O–H groups in total. The van der Waals surface area contributed by atoms with Gasteiger partial charge in [-0.25, -0.2) is 0 Å². The highest BCUT2D eigenvalue weighted by Crippen LogP contribution is 2.41. The lowest BCUT2D eigenvalue weighted by molar-refractivity contribution is -0.0794. The third-order valence-electron chi connectivity index (χ3n) is 4.86. The summed E-state index contributed by atoms with van der Waals surface area (Å²) in [6.45, 7) is 13.3. The minimum absolute atomic E-state index is 0.551. The van der Waals surface area contributed by atoms with Gasteiger partial charge in [-0.1, -0.05) is 6.92 Å². The summed E-state index contributed by atoms with van der Waals surface area (Å²) in [5, 5.41) is 0. The van der Waals surface area contributed by atoms with Crippen molar-refractivity contribution < 1.29 is 0 Å². The minimum Gasteiger partial charge on any atom is -0.298 e.